The van der Waals surface area contributed by atoms with Gasteiger partial charge in [-0.25, -0.2) is 8.78 Å². The van der Waals surface area contributed by atoms with Gasteiger partial charge in [-0.15, -0.1) is 12.4 Å². The number of hydrogen-bond donors (Lipinski definition) is 1. The molecule has 0 spiro atoms. The number of carbonyl (C=O) groups excluding carboxylic acids is 1. The Labute approximate surface area is 129 Å². The SMILES string of the molecule is CN(CC(=O)N1CCNCC1)Cc1c(F)cccc1F.Cl. The van der Waals surface area contributed by atoms with E-state index >= 15 is 0 Å². The van der Waals surface area contributed by atoms with Crippen molar-refractivity contribution in [3.63, 3.8) is 0 Å². The molecule has 4 nitrogen and oxygen atoms in total. The van der Waals surface area contributed by atoms with Gasteiger partial charge in [0.1, 0.15) is 11.6 Å². The van der Waals surface area contributed by atoms with Crippen LogP contribution in [0.1, 0.15) is 5.56 Å². The number of amides is 1. The van der Waals surface area contributed by atoms with E-state index in [1.807, 2.05) is 0 Å². The zero-order valence-corrected chi connectivity index (χ0v) is 12.8. The van der Waals surface area contributed by atoms with Gasteiger partial charge in [0.25, 0.3) is 0 Å². The zero-order valence-electron chi connectivity index (χ0n) is 11.9. The molecule has 1 saturated heterocycles. The average Bonchev–Trinajstić information content (AvgIpc) is 2.44. The lowest BCUT2D eigenvalue weighted by Crippen LogP contribution is -2.49. The minimum Gasteiger partial charge on any atom is -0.339 e. The van der Waals surface area contributed by atoms with Crippen molar-refractivity contribution in [3.8, 4) is 0 Å². The van der Waals surface area contributed by atoms with E-state index in [-0.39, 0.29) is 37.0 Å². The van der Waals surface area contributed by atoms with Gasteiger partial charge in [0.15, 0.2) is 0 Å². The summed E-state index contributed by atoms with van der Waals surface area (Å²) in [5.74, 6) is -1.16. The highest BCUT2D eigenvalue weighted by Crippen LogP contribution is 2.14. The van der Waals surface area contributed by atoms with Crippen molar-refractivity contribution in [1.82, 2.24) is 15.1 Å². The average molecular weight is 320 g/mol. The Bertz CT molecular complexity index is 461. The van der Waals surface area contributed by atoms with Crippen LogP contribution in [0.25, 0.3) is 0 Å². The van der Waals surface area contributed by atoms with Gasteiger partial charge in [0.05, 0.1) is 6.54 Å². The normalized spacial score (nSPS) is 15.0. The molecule has 0 aliphatic carbocycles. The van der Waals surface area contributed by atoms with Crippen molar-refractivity contribution in [3.05, 3.63) is 35.4 Å². The maximum atomic E-state index is 13.5. The lowest BCUT2D eigenvalue weighted by molar-refractivity contribution is -0.132. The molecule has 1 N–H and O–H groups in total. The van der Waals surface area contributed by atoms with E-state index in [4.69, 9.17) is 0 Å². The highest BCUT2D eigenvalue weighted by atomic mass is 35.5. The highest BCUT2D eigenvalue weighted by Gasteiger charge is 2.19. The lowest BCUT2D eigenvalue weighted by atomic mass is 10.2. The fraction of sp³-hybridized carbons (Fsp3) is 0.500. The Balaban J connectivity index is 0.00000220. The van der Waals surface area contributed by atoms with Crippen molar-refractivity contribution in [2.45, 2.75) is 6.54 Å². The maximum Gasteiger partial charge on any atom is 0.236 e. The minimum atomic E-state index is -0.577. The minimum absolute atomic E-state index is 0. The van der Waals surface area contributed by atoms with E-state index < -0.39 is 11.6 Å². The van der Waals surface area contributed by atoms with Gasteiger partial charge in [0.2, 0.25) is 5.91 Å². The molecule has 0 atom stereocenters. The van der Waals surface area contributed by atoms with E-state index in [2.05, 4.69) is 5.32 Å². The molecule has 0 unspecified atom stereocenters. The monoisotopic (exact) mass is 319 g/mol. The van der Waals surface area contributed by atoms with Gasteiger partial charge in [-0.2, -0.15) is 0 Å². The number of benzene rings is 1. The maximum absolute atomic E-state index is 13.5. The van der Waals surface area contributed by atoms with Gasteiger partial charge in [0, 0.05) is 38.3 Å². The summed E-state index contributed by atoms with van der Waals surface area (Å²) < 4.78 is 27.1. The second-order valence-electron chi connectivity index (χ2n) is 5.00. The molecule has 7 heteroatoms. The smallest absolute Gasteiger partial charge is 0.236 e. The number of piperazine rings is 1. The molecule has 1 fully saturated rings. The first kappa shape index (κ1) is 17.8. The van der Waals surface area contributed by atoms with Crippen molar-refractivity contribution in [2.24, 2.45) is 0 Å². The van der Waals surface area contributed by atoms with Crippen molar-refractivity contribution in [2.75, 3.05) is 39.8 Å². The van der Waals surface area contributed by atoms with Crippen LogP contribution in [0.3, 0.4) is 0 Å². The summed E-state index contributed by atoms with van der Waals surface area (Å²) in [7, 11) is 1.69. The second-order valence-corrected chi connectivity index (χ2v) is 5.00. The zero-order chi connectivity index (χ0) is 14.5. The van der Waals surface area contributed by atoms with Crippen LogP contribution in [0, 0.1) is 11.6 Å². The molecule has 1 aromatic carbocycles. The van der Waals surface area contributed by atoms with Gasteiger partial charge < -0.3 is 10.2 Å². The molecular formula is C14H20ClF2N3O. The van der Waals surface area contributed by atoms with Crippen LogP contribution in [0.15, 0.2) is 18.2 Å². The van der Waals surface area contributed by atoms with Gasteiger partial charge in [-0.05, 0) is 19.2 Å². The molecule has 1 amide bonds. The van der Waals surface area contributed by atoms with E-state index in [1.54, 1.807) is 16.8 Å². The Morgan fingerprint density at radius 1 is 1.29 bits per heavy atom. The van der Waals surface area contributed by atoms with Crippen molar-refractivity contribution < 1.29 is 13.6 Å². The number of nitrogens with one attached hydrogen (secondary N) is 1. The number of nitrogens with zero attached hydrogens (tertiary/aromatic N) is 2. The number of hydrogen-bond acceptors (Lipinski definition) is 3. The third-order valence-corrected chi connectivity index (χ3v) is 3.36. The molecule has 0 radical (unpaired) electrons. The van der Waals surface area contributed by atoms with Gasteiger partial charge in [-0.1, -0.05) is 6.07 Å². The summed E-state index contributed by atoms with van der Waals surface area (Å²) in [5, 5.41) is 3.17. The summed E-state index contributed by atoms with van der Waals surface area (Å²) >= 11 is 0. The first-order valence-corrected chi connectivity index (χ1v) is 6.68. The molecule has 0 saturated carbocycles. The lowest BCUT2D eigenvalue weighted by Gasteiger charge is -2.29. The fourth-order valence-corrected chi connectivity index (χ4v) is 2.25. The molecular weight excluding hydrogens is 300 g/mol. The molecule has 1 aromatic rings. The Morgan fingerprint density at radius 2 is 1.86 bits per heavy atom. The van der Waals surface area contributed by atoms with Crippen LogP contribution in [0.2, 0.25) is 0 Å². The topological polar surface area (TPSA) is 35.6 Å². The Morgan fingerprint density at radius 3 is 2.43 bits per heavy atom. The van der Waals surface area contributed by atoms with Crippen LogP contribution in [-0.2, 0) is 11.3 Å². The number of carbonyl (C=O) groups is 1. The second kappa shape index (κ2) is 8.26. The summed E-state index contributed by atoms with van der Waals surface area (Å²) in [6, 6.07) is 3.79. The summed E-state index contributed by atoms with van der Waals surface area (Å²) in [6.45, 7) is 3.18. The molecule has 118 valence electrons. The standard InChI is InChI=1S/C14H19F2N3O.ClH/c1-18(9-11-12(15)3-2-4-13(11)16)10-14(20)19-7-5-17-6-8-19;/h2-4,17H,5-10H2,1H3;1H. The predicted molar refractivity (Wildman–Crippen MR) is 79.4 cm³/mol. The van der Waals surface area contributed by atoms with Gasteiger partial charge >= 0.3 is 0 Å². The van der Waals surface area contributed by atoms with E-state index in [0.29, 0.717) is 13.1 Å². The van der Waals surface area contributed by atoms with Crippen LogP contribution >= 0.6 is 12.4 Å². The quantitative estimate of drug-likeness (QED) is 0.907. The first-order chi connectivity index (χ1) is 9.58. The molecule has 1 aliphatic heterocycles. The molecule has 2 rings (SSSR count). The predicted octanol–water partition coefficient (Wildman–Crippen LogP) is 1.25. The van der Waals surface area contributed by atoms with Crippen LogP contribution in [0.5, 0.6) is 0 Å². The molecule has 0 aromatic heterocycles. The third kappa shape index (κ3) is 4.91. The Kier molecular flexibility index (Phi) is 7.01. The van der Waals surface area contributed by atoms with Crippen LogP contribution in [0.4, 0.5) is 8.78 Å². The van der Waals surface area contributed by atoms with E-state index in [1.165, 1.54) is 18.2 Å². The number of likely N-dealkylation sites (N-methyl/N-ethyl adjacent to an activating group) is 1. The number of halogens is 3. The van der Waals surface area contributed by atoms with Gasteiger partial charge in [-0.3, -0.25) is 9.69 Å². The van der Waals surface area contributed by atoms with Crippen molar-refractivity contribution in [1.29, 1.82) is 0 Å². The number of rotatable bonds is 4. The van der Waals surface area contributed by atoms with Crippen LogP contribution < -0.4 is 5.32 Å². The summed E-state index contributed by atoms with van der Waals surface area (Å²) in [5.41, 5.74) is 0.00288. The largest absolute Gasteiger partial charge is 0.339 e. The van der Waals surface area contributed by atoms with Crippen LogP contribution in [-0.4, -0.2) is 55.5 Å². The van der Waals surface area contributed by atoms with E-state index in [0.717, 1.165) is 13.1 Å². The fourth-order valence-electron chi connectivity index (χ4n) is 2.25. The Hall–Kier alpha value is -1.24. The first-order valence-electron chi connectivity index (χ1n) is 6.68. The highest BCUT2D eigenvalue weighted by molar-refractivity contribution is 5.85. The van der Waals surface area contributed by atoms with Crippen molar-refractivity contribution >= 4 is 18.3 Å². The summed E-state index contributed by atoms with van der Waals surface area (Å²) in [6.07, 6.45) is 0. The third-order valence-electron chi connectivity index (χ3n) is 3.36. The molecule has 1 heterocycles. The molecule has 1 aliphatic rings. The summed E-state index contributed by atoms with van der Waals surface area (Å²) in [4.78, 5) is 15.4. The molecule has 21 heavy (non-hydrogen) atoms. The molecule has 0 bridgehead atoms. The van der Waals surface area contributed by atoms with E-state index in [9.17, 15) is 13.6 Å².